The number of benzene rings is 1. The second-order valence-electron chi connectivity index (χ2n) is 7.50. The van der Waals surface area contributed by atoms with Crippen LogP contribution < -0.4 is 21.9 Å². The summed E-state index contributed by atoms with van der Waals surface area (Å²) < 4.78 is 20.4. The van der Waals surface area contributed by atoms with E-state index in [4.69, 9.17) is 10.3 Å². The molecule has 0 fully saturated rings. The molecule has 0 radical (unpaired) electrons. The van der Waals surface area contributed by atoms with Crippen LogP contribution in [0, 0.1) is 12.7 Å². The maximum Gasteiger partial charge on any atom is 0.330 e. The van der Waals surface area contributed by atoms with Gasteiger partial charge >= 0.3 is 5.69 Å². The van der Waals surface area contributed by atoms with Crippen molar-refractivity contribution in [2.24, 2.45) is 0 Å². The first-order chi connectivity index (χ1) is 14.8. The van der Waals surface area contributed by atoms with Gasteiger partial charge in [0.15, 0.2) is 0 Å². The zero-order valence-electron chi connectivity index (χ0n) is 17.9. The number of nitrogens with one attached hydrogen (secondary N) is 1. The molecule has 1 aromatic carbocycles. The van der Waals surface area contributed by atoms with Gasteiger partial charge in [-0.15, -0.1) is 0 Å². The van der Waals surface area contributed by atoms with Crippen molar-refractivity contribution < 1.29 is 8.91 Å². The predicted molar refractivity (Wildman–Crippen MR) is 117 cm³/mol. The molecule has 31 heavy (non-hydrogen) atoms. The molecule has 0 amide bonds. The summed E-state index contributed by atoms with van der Waals surface area (Å²) in [5.41, 5.74) is 6.47. The number of nitrogens with zero attached hydrogens (tertiary/aromatic N) is 4. The molecule has 0 saturated carbocycles. The number of hydrogen-bond donors (Lipinski definition) is 2. The van der Waals surface area contributed by atoms with E-state index in [0.29, 0.717) is 48.8 Å². The van der Waals surface area contributed by atoms with E-state index in [1.807, 2.05) is 6.92 Å². The fourth-order valence-corrected chi connectivity index (χ4v) is 3.27. The SMILES string of the molecule is CCCCn1c(N)c(N(C)CCCc2nc(-c3ccc(C)c(F)c3)no2)c(=O)[nH]c1=O. The number of aryl methyl sites for hydroxylation is 2. The number of rotatable bonds is 9. The highest BCUT2D eigenvalue weighted by molar-refractivity contribution is 5.62. The predicted octanol–water partition coefficient (Wildman–Crippen LogP) is 2.49. The van der Waals surface area contributed by atoms with Crippen molar-refractivity contribution in [2.75, 3.05) is 24.2 Å². The van der Waals surface area contributed by atoms with Crippen LogP contribution in [-0.2, 0) is 13.0 Å². The van der Waals surface area contributed by atoms with Gasteiger partial charge < -0.3 is 15.2 Å². The Balaban J connectivity index is 1.66. The highest BCUT2D eigenvalue weighted by atomic mass is 19.1. The Bertz CT molecular complexity index is 1170. The monoisotopic (exact) mass is 430 g/mol. The molecule has 166 valence electrons. The van der Waals surface area contributed by atoms with E-state index < -0.39 is 11.2 Å². The van der Waals surface area contributed by atoms with E-state index in [2.05, 4.69) is 15.1 Å². The van der Waals surface area contributed by atoms with Gasteiger partial charge in [-0.3, -0.25) is 14.3 Å². The van der Waals surface area contributed by atoms with E-state index in [0.717, 1.165) is 12.8 Å². The van der Waals surface area contributed by atoms with Gasteiger partial charge in [-0.1, -0.05) is 30.6 Å². The first-order valence-electron chi connectivity index (χ1n) is 10.2. The lowest BCUT2D eigenvalue weighted by atomic mass is 10.1. The number of unbranched alkanes of at least 4 members (excludes halogenated alkanes) is 1. The molecule has 3 N–H and O–H groups in total. The third kappa shape index (κ3) is 5.01. The Morgan fingerprint density at radius 1 is 1.29 bits per heavy atom. The molecular weight excluding hydrogens is 403 g/mol. The van der Waals surface area contributed by atoms with Crippen molar-refractivity contribution >= 4 is 11.5 Å². The van der Waals surface area contributed by atoms with Crippen molar-refractivity contribution in [3.05, 3.63) is 56.3 Å². The third-order valence-corrected chi connectivity index (χ3v) is 5.11. The number of anilines is 2. The van der Waals surface area contributed by atoms with Crippen LogP contribution in [0.25, 0.3) is 11.4 Å². The summed E-state index contributed by atoms with van der Waals surface area (Å²) in [4.78, 5) is 32.7. The van der Waals surface area contributed by atoms with E-state index in [-0.39, 0.29) is 17.3 Å². The van der Waals surface area contributed by atoms with Crippen molar-refractivity contribution in [1.29, 1.82) is 0 Å². The normalized spacial score (nSPS) is 11.1. The van der Waals surface area contributed by atoms with Gasteiger partial charge in [0.05, 0.1) is 0 Å². The summed E-state index contributed by atoms with van der Waals surface area (Å²) in [5, 5.41) is 3.91. The molecule has 2 aromatic heterocycles. The van der Waals surface area contributed by atoms with Crippen LogP contribution in [0.15, 0.2) is 32.3 Å². The summed E-state index contributed by atoms with van der Waals surface area (Å²) in [6.45, 7) is 4.63. The van der Waals surface area contributed by atoms with E-state index in [1.54, 1.807) is 31.0 Å². The van der Waals surface area contributed by atoms with Gasteiger partial charge in [0.25, 0.3) is 5.56 Å². The quantitative estimate of drug-likeness (QED) is 0.534. The van der Waals surface area contributed by atoms with Gasteiger partial charge in [0, 0.05) is 32.1 Å². The van der Waals surface area contributed by atoms with E-state index >= 15 is 0 Å². The molecule has 0 aliphatic carbocycles. The average molecular weight is 430 g/mol. The number of nitrogen functional groups attached to an aromatic ring is 1. The van der Waals surface area contributed by atoms with Gasteiger partial charge in [-0.25, -0.2) is 9.18 Å². The molecule has 0 atom stereocenters. The number of halogens is 1. The van der Waals surface area contributed by atoms with Crippen molar-refractivity contribution in [2.45, 2.75) is 46.1 Å². The Morgan fingerprint density at radius 2 is 2.06 bits per heavy atom. The highest BCUT2D eigenvalue weighted by Gasteiger charge is 2.16. The summed E-state index contributed by atoms with van der Waals surface area (Å²) in [5.74, 6) is 0.574. The second kappa shape index (κ2) is 9.59. The Labute approximate surface area is 178 Å². The van der Waals surface area contributed by atoms with Crippen LogP contribution in [0.2, 0.25) is 0 Å². The number of aromatic amines is 1. The largest absolute Gasteiger partial charge is 0.383 e. The molecule has 9 nitrogen and oxygen atoms in total. The lowest BCUT2D eigenvalue weighted by Gasteiger charge is -2.21. The minimum Gasteiger partial charge on any atom is -0.383 e. The van der Waals surface area contributed by atoms with E-state index in [9.17, 15) is 14.0 Å². The van der Waals surface area contributed by atoms with Gasteiger partial charge in [-0.2, -0.15) is 4.98 Å². The molecule has 0 aliphatic rings. The summed E-state index contributed by atoms with van der Waals surface area (Å²) in [7, 11) is 1.74. The number of hydrogen-bond acceptors (Lipinski definition) is 7. The highest BCUT2D eigenvalue weighted by Crippen LogP contribution is 2.20. The zero-order valence-corrected chi connectivity index (χ0v) is 17.9. The maximum absolute atomic E-state index is 13.8. The number of nitrogens with two attached hydrogens (primary N) is 1. The third-order valence-electron chi connectivity index (χ3n) is 5.11. The molecule has 10 heteroatoms. The van der Waals surface area contributed by atoms with Crippen molar-refractivity contribution in [3.8, 4) is 11.4 Å². The molecule has 0 spiro atoms. The van der Waals surface area contributed by atoms with Crippen LogP contribution in [-0.4, -0.2) is 33.3 Å². The summed E-state index contributed by atoms with van der Waals surface area (Å²) in [6.07, 6.45) is 2.76. The number of aromatic nitrogens is 4. The van der Waals surface area contributed by atoms with Crippen LogP contribution >= 0.6 is 0 Å². The van der Waals surface area contributed by atoms with Crippen LogP contribution in [0.4, 0.5) is 15.9 Å². The van der Waals surface area contributed by atoms with Gasteiger partial charge in [-0.05, 0) is 31.4 Å². The lowest BCUT2D eigenvalue weighted by Crippen LogP contribution is -2.37. The average Bonchev–Trinajstić information content (AvgIpc) is 3.18. The molecule has 2 heterocycles. The first-order valence-corrected chi connectivity index (χ1v) is 10.2. The number of H-pyrrole nitrogens is 1. The fraction of sp³-hybridized carbons (Fsp3) is 0.429. The molecule has 3 aromatic rings. The van der Waals surface area contributed by atoms with Crippen LogP contribution in [0.3, 0.4) is 0 Å². The molecule has 0 saturated heterocycles. The smallest absolute Gasteiger partial charge is 0.330 e. The Morgan fingerprint density at radius 3 is 2.77 bits per heavy atom. The topological polar surface area (TPSA) is 123 Å². The standard InChI is InChI=1S/C21H27FN6O3/c1-4-5-11-28-18(23)17(20(29)25-21(28)30)27(3)10-6-7-16-24-19(26-31-16)14-9-8-13(2)15(22)12-14/h8-9,12H,4-7,10-11,23H2,1-3H3,(H,25,29,30). The van der Waals surface area contributed by atoms with Gasteiger partial charge in [0.2, 0.25) is 11.7 Å². The zero-order chi connectivity index (χ0) is 22.5. The second-order valence-corrected chi connectivity index (χ2v) is 7.50. The summed E-state index contributed by atoms with van der Waals surface area (Å²) in [6, 6.07) is 4.78. The Hall–Kier alpha value is -3.43. The lowest BCUT2D eigenvalue weighted by molar-refractivity contribution is 0.376. The molecule has 0 unspecified atom stereocenters. The minimum atomic E-state index is -0.515. The molecule has 3 rings (SSSR count). The van der Waals surface area contributed by atoms with Crippen molar-refractivity contribution in [3.63, 3.8) is 0 Å². The molecule has 0 bridgehead atoms. The van der Waals surface area contributed by atoms with E-state index in [1.165, 1.54) is 10.6 Å². The Kier molecular flexibility index (Phi) is 6.88. The van der Waals surface area contributed by atoms with Gasteiger partial charge in [0.1, 0.15) is 17.3 Å². The van der Waals surface area contributed by atoms with Crippen LogP contribution in [0.5, 0.6) is 0 Å². The minimum absolute atomic E-state index is 0.158. The first kappa shape index (κ1) is 22.3. The molecule has 0 aliphatic heterocycles. The molecular formula is C21H27FN6O3. The van der Waals surface area contributed by atoms with Crippen molar-refractivity contribution in [1.82, 2.24) is 19.7 Å². The maximum atomic E-state index is 13.8. The summed E-state index contributed by atoms with van der Waals surface area (Å²) >= 11 is 0. The fourth-order valence-electron chi connectivity index (χ4n) is 3.27. The van der Waals surface area contributed by atoms with Crippen LogP contribution in [0.1, 0.15) is 37.6 Å².